The van der Waals surface area contributed by atoms with Gasteiger partial charge in [-0.25, -0.2) is 0 Å². The van der Waals surface area contributed by atoms with Crippen molar-refractivity contribution < 1.29 is 24.9 Å². The number of hydrogen-bond acceptors (Lipinski definition) is 5. The largest absolute Gasteiger partial charge is 0.469 e. The molecule has 0 aliphatic rings. The molecule has 26 heavy (non-hydrogen) atoms. The predicted molar refractivity (Wildman–Crippen MR) is 105 cm³/mol. The fourth-order valence-electron chi connectivity index (χ4n) is 2.18. The summed E-state index contributed by atoms with van der Waals surface area (Å²) < 4.78 is 4.52. The van der Waals surface area contributed by atoms with Crippen molar-refractivity contribution in [3.8, 4) is 0 Å². The number of allylic oxidation sites excluding steroid dienone is 6. The fraction of sp³-hybridized carbons (Fsp3) is 0.571. The Morgan fingerprint density at radius 1 is 0.885 bits per heavy atom. The number of aliphatic hydroxyl groups is 3. The molecule has 0 radical (unpaired) electrons. The van der Waals surface area contributed by atoms with E-state index in [1.54, 1.807) is 24.3 Å². The molecule has 0 bridgehead atoms. The Labute approximate surface area is 157 Å². The zero-order valence-electron chi connectivity index (χ0n) is 16.0. The van der Waals surface area contributed by atoms with Crippen molar-refractivity contribution in [3.05, 3.63) is 48.6 Å². The van der Waals surface area contributed by atoms with Crippen molar-refractivity contribution in [1.29, 1.82) is 0 Å². The molecule has 0 fully saturated rings. The number of aliphatic hydroxyl groups excluding tert-OH is 3. The maximum absolute atomic E-state index is 11.0. The Morgan fingerprint density at radius 2 is 1.50 bits per heavy atom. The van der Waals surface area contributed by atoms with E-state index in [0.717, 1.165) is 25.7 Å². The predicted octanol–water partition coefficient (Wildman–Crippen LogP) is 3.22. The van der Waals surface area contributed by atoms with E-state index in [0.29, 0.717) is 12.8 Å². The first-order valence-electron chi connectivity index (χ1n) is 9.30. The first-order chi connectivity index (χ1) is 12.5. The summed E-state index contributed by atoms with van der Waals surface area (Å²) in [5.74, 6) is -0.320. The standard InChI is InChI=1S/C21H34O5/c1-3-4-9-13-18(22)14-10-7-5-6-8-11-15-19(23)20(24)16-12-17-21(25)26-2/h5-8,10-11,14-15,18-20,22-24H,3-4,9,12-13,16-17H2,1-2H3/b7-5-,8-6+,14-10+,15-11+/t18-,19+,20-/m0/s1. The SMILES string of the molecule is CCCCC[C@H](O)/C=C/C=C\C=C\C=C\[C@@H](O)[C@@H](O)CCCC(=O)OC. The minimum absolute atomic E-state index is 0.232. The van der Waals surface area contributed by atoms with Crippen molar-refractivity contribution in [3.63, 3.8) is 0 Å². The van der Waals surface area contributed by atoms with Crippen molar-refractivity contribution in [2.75, 3.05) is 7.11 Å². The minimum Gasteiger partial charge on any atom is -0.469 e. The van der Waals surface area contributed by atoms with E-state index in [2.05, 4.69) is 11.7 Å². The number of esters is 1. The molecule has 3 atom stereocenters. The Kier molecular flexibility index (Phi) is 15.7. The highest BCUT2D eigenvalue weighted by molar-refractivity contribution is 5.68. The van der Waals surface area contributed by atoms with Crippen LogP contribution in [0.2, 0.25) is 0 Å². The van der Waals surface area contributed by atoms with Gasteiger partial charge >= 0.3 is 5.97 Å². The number of rotatable bonds is 14. The molecule has 5 heteroatoms. The Morgan fingerprint density at radius 3 is 2.12 bits per heavy atom. The quantitative estimate of drug-likeness (QED) is 0.250. The highest BCUT2D eigenvalue weighted by Crippen LogP contribution is 2.07. The highest BCUT2D eigenvalue weighted by atomic mass is 16.5. The van der Waals surface area contributed by atoms with E-state index < -0.39 is 18.3 Å². The van der Waals surface area contributed by atoms with Crippen LogP contribution in [0.5, 0.6) is 0 Å². The summed E-state index contributed by atoms with van der Waals surface area (Å²) in [4.78, 5) is 11.0. The molecule has 0 aliphatic carbocycles. The zero-order valence-corrected chi connectivity index (χ0v) is 16.0. The average molecular weight is 366 g/mol. The lowest BCUT2D eigenvalue weighted by Crippen LogP contribution is -2.23. The maximum Gasteiger partial charge on any atom is 0.305 e. The van der Waals surface area contributed by atoms with Crippen LogP contribution in [0.3, 0.4) is 0 Å². The monoisotopic (exact) mass is 366 g/mol. The highest BCUT2D eigenvalue weighted by Gasteiger charge is 2.13. The molecule has 0 aromatic rings. The number of hydrogen-bond donors (Lipinski definition) is 3. The van der Waals surface area contributed by atoms with Crippen molar-refractivity contribution in [1.82, 2.24) is 0 Å². The van der Waals surface area contributed by atoms with Gasteiger partial charge in [-0.3, -0.25) is 4.79 Å². The topological polar surface area (TPSA) is 87.0 Å². The summed E-state index contributed by atoms with van der Waals surface area (Å²) in [6.07, 6.45) is 16.8. The number of unbranched alkanes of at least 4 members (excludes halogenated alkanes) is 2. The van der Waals surface area contributed by atoms with Crippen LogP contribution in [-0.4, -0.2) is 46.7 Å². The van der Waals surface area contributed by atoms with Crippen LogP contribution in [0.4, 0.5) is 0 Å². The molecule has 0 saturated heterocycles. The molecule has 0 unspecified atom stereocenters. The Bertz CT molecular complexity index is 465. The number of methoxy groups -OCH3 is 1. The van der Waals surface area contributed by atoms with Crippen LogP contribution in [-0.2, 0) is 9.53 Å². The Hall–Kier alpha value is -1.69. The van der Waals surface area contributed by atoms with Crippen LogP contribution in [0.15, 0.2) is 48.6 Å². The third kappa shape index (κ3) is 14.6. The van der Waals surface area contributed by atoms with Gasteiger partial charge in [-0.15, -0.1) is 0 Å². The molecule has 0 heterocycles. The normalized spacial score (nSPS) is 16.0. The van der Waals surface area contributed by atoms with E-state index in [1.165, 1.54) is 13.2 Å². The molecule has 148 valence electrons. The van der Waals surface area contributed by atoms with Gasteiger partial charge in [0.1, 0.15) is 0 Å². The van der Waals surface area contributed by atoms with Crippen LogP contribution in [0.25, 0.3) is 0 Å². The number of carbonyl (C=O) groups is 1. The van der Waals surface area contributed by atoms with Crippen LogP contribution < -0.4 is 0 Å². The summed E-state index contributed by atoms with van der Waals surface area (Å²) in [7, 11) is 1.32. The summed E-state index contributed by atoms with van der Waals surface area (Å²) in [5.41, 5.74) is 0. The van der Waals surface area contributed by atoms with Gasteiger partial charge in [-0.1, -0.05) is 74.8 Å². The first-order valence-corrected chi connectivity index (χ1v) is 9.30. The van der Waals surface area contributed by atoms with Gasteiger partial charge in [0.2, 0.25) is 0 Å². The van der Waals surface area contributed by atoms with Gasteiger partial charge in [0.25, 0.3) is 0 Å². The van der Waals surface area contributed by atoms with Crippen LogP contribution >= 0.6 is 0 Å². The molecule has 3 N–H and O–H groups in total. The second-order valence-electron chi connectivity index (χ2n) is 6.13. The molecule has 0 saturated carbocycles. The van der Waals surface area contributed by atoms with E-state index in [1.807, 2.05) is 18.2 Å². The summed E-state index contributed by atoms with van der Waals surface area (Å²) in [6, 6.07) is 0. The molecular formula is C21H34O5. The molecule has 5 nitrogen and oxygen atoms in total. The van der Waals surface area contributed by atoms with E-state index in [4.69, 9.17) is 0 Å². The van der Waals surface area contributed by atoms with Gasteiger partial charge in [0.05, 0.1) is 25.4 Å². The van der Waals surface area contributed by atoms with Crippen molar-refractivity contribution in [2.45, 2.75) is 70.2 Å². The average Bonchev–Trinajstić information content (AvgIpc) is 2.63. The van der Waals surface area contributed by atoms with Crippen LogP contribution in [0, 0.1) is 0 Å². The molecule has 0 aliphatic heterocycles. The molecule has 0 aromatic heterocycles. The zero-order chi connectivity index (χ0) is 19.6. The lowest BCUT2D eigenvalue weighted by molar-refractivity contribution is -0.140. The molecule has 0 amide bonds. The summed E-state index contributed by atoms with van der Waals surface area (Å²) in [6.45, 7) is 2.14. The summed E-state index contributed by atoms with van der Waals surface area (Å²) >= 11 is 0. The smallest absolute Gasteiger partial charge is 0.305 e. The molecule has 0 spiro atoms. The number of ether oxygens (including phenoxy) is 1. The second kappa shape index (κ2) is 16.8. The van der Waals surface area contributed by atoms with Gasteiger partial charge in [0.15, 0.2) is 0 Å². The molecule has 0 rings (SSSR count). The van der Waals surface area contributed by atoms with E-state index in [9.17, 15) is 20.1 Å². The van der Waals surface area contributed by atoms with Crippen LogP contribution in [0.1, 0.15) is 51.9 Å². The maximum atomic E-state index is 11.0. The number of carbonyl (C=O) groups excluding carboxylic acids is 1. The van der Waals surface area contributed by atoms with Gasteiger partial charge < -0.3 is 20.1 Å². The summed E-state index contributed by atoms with van der Waals surface area (Å²) in [5, 5.41) is 29.3. The molecular weight excluding hydrogens is 332 g/mol. The second-order valence-corrected chi connectivity index (χ2v) is 6.13. The van der Waals surface area contributed by atoms with E-state index >= 15 is 0 Å². The van der Waals surface area contributed by atoms with Gasteiger partial charge in [-0.2, -0.15) is 0 Å². The minimum atomic E-state index is -0.973. The van der Waals surface area contributed by atoms with Crippen molar-refractivity contribution >= 4 is 5.97 Å². The lowest BCUT2D eigenvalue weighted by atomic mass is 10.1. The third-order valence-corrected chi connectivity index (χ3v) is 3.80. The van der Waals surface area contributed by atoms with Gasteiger partial charge in [-0.05, 0) is 19.3 Å². The Balaban J connectivity index is 3.98. The third-order valence-electron chi connectivity index (χ3n) is 3.80. The fourth-order valence-corrected chi connectivity index (χ4v) is 2.18. The lowest BCUT2D eigenvalue weighted by Gasteiger charge is -2.13. The molecule has 0 aromatic carbocycles. The van der Waals surface area contributed by atoms with Crippen molar-refractivity contribution in [2.24, 2.45) is 0 Å². The first kappa shape index (κ1) is 24.3. The van der Waals surface area contributed by atoms with E-state index in [-0.39, 0.29) is 12.4 Å². The van der Waals surface area contributed by atoms with Gasteiger partial charge in [0, 0.05) is 6.42 Å².